The molecular formula is C20H19BrO4. The summed E-state index contributed by atoms with van der Waals surface area (Å²) >= 11 is 3.44. The standard InChI is InChI=1S/C20H19BrO4/c1-24-20-17(22)10-9-15-18(23)16(12-25-19(15)20)14-7-5-13(6-8-14)4-2-3-11-21/h5-10,12,22H,2-4,11H2,1H3. The molecule has 0 bridgehead atoms. The fraction of sp³-hybridized carbons (Fsp3) is 0.250. The van der Waals surface area contributed by atoms with Gasteiger partial charge in [0.05, 0.1) is 18.1 Å². The van der Waals surface area contributed by atoms with Crippen molar-refractivity contribution < 1.29 is 14.3 Å². The summed E-state index contributed by atoms with van der Waals surface area (Å²) in [4.78, 5) is 12.8. The van der Waals surface area contributed by atoms with Gasteiger partial charge in [0.2, 0.25) is 11.2 Å². The van der Waals surface area contributed by atoms with Crippen LogP contribution in [0.2, 0.25) is 0 Å². The Labute approximate surface area is 154 Å². The molecule has 0 aliphatic carbocycles. The third-order valence-electron chi connectivity index (χ3n) is 4.19. The predicted octanol–water partition coefficient (Wildman–Crippen LogP) is 4.89. The number of hydrogen-bond donors (Lipinski definition) is 1. The number of rotatable bonds is 6. The van der Waals surface area contributed by atoms with E-state index >= 15 is 0 Å². The number of aryl methyl sites for hydroxylation is 1. The molecule has 1 heterocycles. The Morgan fingerprint density at radius 1 is 1.12 bits per heavy atom. The second kappa shape index (κ2) is 7.74. The fourth-order valence-corrected chi connectivity index (χ4v) is 3.23. The van der Waals surface area contributed by atoms with Crippen LogP contribution in [0.5, 0.6) is 11.5 Å². The van der Waals surface area contributed by atoms with E-state index in [1.54, 1.807) is 6.07 Å². The van der Waals surface area contributed by atoms with Gasteiger partial charge in [-0.3, -0.25) is 4.79 Å². The van der Waals surface area contributed by atoms with E-state index in [9.17, 15) is 9.90 Å². The largest absolute Gasteiger partial charge is 0.504 e. The number of unbranched alkanes of at least 4 members (excludes halogenated alkanes) is 1. The summed E-state index contributed by atoms with van der Waals surface area (Å²) in [6.07, 6.45) is 4.72. The molecular weight excluding hydrogens is 384 g/mol. The highest BCUT2D eigenvalue weighted by atomic mass is 79.9. The number of aromatic hydroxyl groups is 1. The van der Waals surface area contributed by atoms with E-state index in [0.717, 1.165) is 30.2 Å². The van der Waals surface area contributed by atoms with Crippen molar-refractivity contribution in [3.63, 3.8) is 0 Å². The van der Waals surface area contributed by atoms with Crippen LogP contribution in [0.1, 0.15) is 18.4 Å². The van der Waals surface area contributed by atoms with Gasteiger partial charge in [0.15, 0.2) is 11.3 Å². The fourth-order valence-electron chi connectivity index (χ4n) is 2.84. The Kier molecular flexibility index (Phi) is 5.43. The quantitative estimate of drug-likeness (QED) is 0.470. The first-order chi connectivity index (χ1) is 12.2. The highest BCUT2D eigenvalue weighted by molar-refractivity contribution is 9.09. The number of alkyl halides is 1. The van der Waals surface area contributed by atoms with Gasteiger partial charge in [-0.05, 0) is 42.5 Å². The maximum atomic E-state index is 12.8. The van der Waals surface area contributed by atoms with Crippen LogP contribution < -0.4 is 10.2 Å². The van der Waals surface area contributed by atoms with Crippen LogP contribution >= 0.6 is 15.9 Å². The molecule has 0 atom stereocenters. The molecule has 0 aliphatic rings. The molecule has 0 unspecified atom stereocenters. The van der Waals surface area contributed by atoms with E-state index in [2.05, 4.69) is 15.9 Å². The summed E-state index contributed by atoms with van der Waals surface area (Å²) in [6.45, 7) is 0. The van der Waals surface area contributed by atoms with E-state index in [1.165, 1.54) is 25.0 Å². The number of fused-ring (bicyclic) bond motifs is 1. The number of ether oxygens (including phenoxy) is 1. The molecule has 0 saturated carbocycles. The Balaban J connectivity index is 1.98. The zero-order valence-electron chi connectivity index (χ0n) is 13.9. The summed E-state index contributed by atoms with van der Waals surface area (Å²) < 4.78 is 10.7. The Morgan fingerprint density at radius 3 is 2.56 bits per heavy atom. The molecule has 0 spiro atoms. The normalized spacial score (nSPS) is 11.0. The molecule has 3 aromatic rings. The number of halogens is 1. The lowest BCUT2D eigenvalue weighted by atomic mass is 10.0. The lowest BCUT2D eigenvalue weighted by Gasteiger charge is -2.08. The molecule has 130 valence electrons. The van der Waals surface area contributed by atoms with Crippen molar-refractivity contribution >= 4 is 26.9 Å². The molecule has 0 radical (unpaired) electrons. The van der Waals surface area contributed by atoms with Crippen LogP contribution in [-0.2, 0) is 6.42 Å². The second-order valence-electron chi connectivity index (χ2n) is 5.82. The van der Waals surface area contributed by atoms with Crippen molar-refractivity contribution in [2.45, 2.75) is 19.3 Å². The average molecular weight is 403 g/mol. The zero-order valence-corrected chi connectivity index (χ0v) is 15.5. The van der Waals surface area contributed by atoms with Gasteiger partial charge in [0.1, 0.15) is 6.26 Å². The molecule has 0 saturated heterocycles. The van der Waals surface area contributed by atoms with E-state index in [4.69, 9.17) is 9.15 Å². The monoisotopic (exact) mass is 402 g/mol. The summed E-state index contributed by atoms with van der Waals surface area (Å²) in [5.74, 6) is 0.113. The number of methoxy groups -OCH3 is 1. The zero-order chi connectivity index (χ0) is 17.8. The minimum absolute atomic E-state index is 0.0567. The summed E-state index contributed by atoms with van der Waals surface area (Å²) in [5, 5.41) is 11.2. The lowest BCUT2D eigenvalue weighted by molar-refractivity contribution is 0.370. The van der Waals surface area contributed by atoms with Gasteiger partial charge in [-0.25, -0.2) is 0 Å². The van der Waals surface area contributed by atoms with Gasteiger partial charge in [-0.15, -0.1) is 0 Å². The van der Waals surface area contributed by atoms with E-state index in [1.807, 2.05) is 24.3 Å². The first-order valence-corrected chi connectivity index (χ1v) is 9.24. The van der Waals surface area contributed by atoms with Crippen LogP contribution in [-0.4, -0.2) is 17.5 Å². The number of phenolic OH excluding ortho intramolecular Hbond substituents is 1. The molecule has 0 amide bonds. The molecule has 4 nitrogen and oxygen atoms in total. The van der Waals surface area contributed by atoms with Gasteiger partial charge in [0, 0.05) is 5.33 Å². The predicted molar refractivity (Wildman–Crippen MR) is 103 cm³/mol. The number of phenols is 1. The summed E-state index contributed by atoms with van der Waals surface area (Å²) in [5.41, 5.74) is 2.66. The molecule has 25 heavy (non-hydrogen) atoms. The van der Waals surface area contributed by atoms with Crippen molar-refractivity contribution in [3.05, 3.63) is 58.4 Å². The minimum Gasteiger partial charge on any atom is -0.504 e. The van der Waals surface area contributed by atoms with Gasteiger partial charge in [-0.1, -0.05) is 40.2 Å². The number of benzene rings is 2. The maximum absolute atomic E-state index is 12.8. The van der Waals surface area contributed by atoms with E-state index < -0.39 is 0 Å². The highest BCUT2D eigenvalue weighted by Gasteiger charge is 2.15. The van der Waals surface area contributed by atoms with Crippen molar-refractivity contribution in [3.8, 4) is 22.6 Å². The topological polar surface area (TPSA) is 59.7 Å². The Bertz CT molecular complexity index is 929. The SMILES string of the molecule is COc1c(O)ccc2c(=O)c(-c3ccc(CCCCBr)cc3)coc12. The Hall–Kier alpha value is -2.27. The number of hydrogen-bond acceptors (Lipinski definition) is 4. The van der Waals surface area contributed by atoms with Gasteiger partial charge in [-0.2, -0.15) is 0 Å². The second-order valence-corrected chi connectivity index (χ2v) is 6.61. The van der Waals surface area contributed by atoms with Crippen molar-refractivity contribution in [2.24, 2.45) is 0 Å². The smallest absolute Gasteiger partial charge is 0.204 e. The van der Waals surface area contributed by atoms with Crippen molar-refractivity contribution in [2.75, 3.05) is 12.4 Å². The summed E-state index contributed by atoms with van der Waals surface area (Å²) in [7, 11) is 1.43. The third-order valence-corrected chi connectivity index (χ3v) is 4.75. The molecule has 0 fully saturated rings. The van der Waals surface area contributed by atoms with Crippen LogP contribution in [0.25, 0.3) is 22.1 Å². The molecule has 1 aromatic heterocycles. The van der Waals surface area contributed by atoms with E-state index in [-0.39, 0.29) is 22.5 Å². The lowest BCUT2D eigenvalue weighted by Crippen LogP contribution is -2.05. The molecule has 1 N–H and O–H groups in total. The first-order valence-electron chi connectivity index (χ1n) is 8.12. The first kappa shape index (κ1) is 17.5. The van der Waals surface area contributed by atoms with Crippen molar-refractivity contribution in [1.29, 1.82) is 0 Å². The minimum atomic E-state index is -0.147. The summed E-state index contributed by atoms with van der Waals surface area (Å²) in [6, 6.07) is 11.0. The third kappa shape index (κ3) is 3.56. The van der Waals surface area contributed by atoms with Crippen molar-refractivity contribution in [1.82, 2.24) is 0 Å². The molecule has 5 heteroatoms. The van der Waals surface area contributed by atoms with Crippen LogP contribution in [0.4, 0.5) is 0 Å². The maximum Gasteiger partial charge on any atom is 0.204 e. The molecule has 0 aliphatic heterocycles. The van der Waals surface area contributed by atoms with Crippen LogP contribution in [0, 0.1) is 0 Å². The Morgan fingerprint density at radius 2 is 1.88 bits per heavy atom. The average Bonchev–Trinajstić information content (AvgIpc) is 2.63. The van der Waals surface area contributed by atoms with Gasteiger partial charge >= 0.3 is 0 Å². The molecule has 2 aromatic carbocycles. The highest BCUT2D eigenvalue weighted by Crippen LogP contribution is 2.34. The van der Waals surface area contributed by atoms with Crippen LogP contribution in [0.3, 0.4) is 0 Å². The van der Waals surface area contributed by atoms with Gasteiger partial charge in [0.25, 0.3) is 0 Å². The van der Waals surface area contributed by atoms with Crippen LogP contribution in [0.15, 0.2) is 51.9 Å². The van der Waals surface area contributed by atoms with E-state index in [0.29, 0.717) is 10.9 Å². The molecule has 3 rings (SSSR count). The van der Waals surface area contributed by atoms with Gasteiger partial charge < -0.3 is 14.3 Å².